The van der Waals surface area contributed by atoms with Crippen molar-refractivity contribution in [2.45, 2.75) is 26.2 Å². The Morgan fingerprint density at radius 1 is 1.10 bits per heavy atom. The number of hydrogen-bond donors (Lipinski definition) is 0. The van der Waals surface area contributed by atoms with E-state index in [2.05, 4.69) is 17.1 Å². The third-order valence-corrected chi connectivity index (χ3v) is 7.17. The molecule has 3 atom stereocenters. The fourth-order valence-electron chi connectivity index (χ4n) is 4.01. The maximum absolute atomic E-state index is 12.0. The molecule has 2 bridgehead atoms. The van der Waals surface area contributed by atoms with Crippen molar-refractivity contribution < 1.29 is 8.42 Å². The van der Waals surface area contributed by atoms with Crippen LogP contribution in [0.5, 0.6) is 0 Å². The van der Waals surface area contributed by atoms with Gasteiger partial charge in [0, 0.05) is 32.7 Å². The van der Waals surface area contributed by atoms with Crippen LogP contribution in [0, 0.1) is 17.8 Å². The van der Waals surface area contributed by atoms with E-state index in [1.165, 1.54) is 12.8 Å². The van der Waals surface area contributed by atoms with Crippen molar-refractivity contribution in [2.24, 2.45) is 17.8 Å². The Bertz CT molecular complexity index is 466. The van der Waals surface area contributed by atoms with Gasteiger partial charge in [0.1, 0.15) is 0 Å². The minimum atomic E-state index is -3.00. The molecule has 20 heavy (non-hydrogen) atoms. The van der Waals surface area contributed by atoms with Gasteiger partial charge in [-0.3, -0.25) is 0 Å². The molecule has 0 aromatic heterocycles. The van der Waals surface area contributed by atoms with Crippen LogP contribution in [0.2, 0.25) is 0 Å². The Kier molecular flexibility index (Phi) is 4.20. The lowest BCUT2D eigenvalue weighted by molar-refractivity contribution is 0.156. The van der Waals surface area contributed by atoms with Gasteiger partial charge in [0.25, 0.3) is 0 Å². The molecule has 1 saturated heterocycles. The van der Waals surface area contributed by atoms with E-state index < -0.39 is 10.0 Å². The summed E-state index contributed by atoms with van der Waals surface area (Å²) in [7, 11) is -3.00. The Balaban J connectivity index is 1.48. The predicted molar refractivity (Wildman–Crippen MR) is 80.9 cm³/mol. The zero-order chi connectivity index (χ0) is 14.2. The highest BCUT2D eigenvalue weighted by molar-refractivity contribution is 7.89. The molecule has 0 spiro atoms. The first kappa shape index (κ1) is 14.5. The van der Waals surface area contributed by atoms with Crippen LogP contribution in [-0.4, -0.2) is 56.1 Å². The summed E-state index contributed by atoms with van der Waals surface area (Å²) < 4.78 is 25.8. The zero-order valence-corrected chi connectivity index (χ0v) is 13.2. The van der Waals surface area contributed by atoms with Gasteiger partial charge in [-0.1, -0.05) is 19.1 Å². The monoisotopic (exact) mass is 298 g/mol. The molecule has 0 N–H and O–H groups in total. The van der Waals surface area contributed by atoms with E-state index in [1.807, 2.05) is 6.92 Å². The summed E-state index contributed by atoms with van der Waals surface area (Å²) in [6.45, 7) is 6.25. The number of fused-ring (bicyclic) bond motifs is 2. The lowest BCUT2D eigenvalue weighted by Gasteiger charge is -2.36. The van der Waals surface area contributed by atoms with Crippen molar-refractivity contribution in [3.8, 4) is 0 Å². The molecule has 3 rings (SSSR count). The maximum Gasteiger partial charge on any atom is 0.214 e. The average molecular weight is 298 g/mol. The number of nitrogens with zero attached hydrogens (tertiary/aromatic N) is 2. The summed E-state index contributed by atoms with van der Waals surface area (Å²) in [5.74, 6) is 2.73. The fourth-order valence-corrected chi connectivity index (χ4v) is 5.51. The Hall–Kier alpha value is -0.390. The molecular formula is C15H26N2O2S. The lowest BCUT2D eigenvalue weighted by Crippen LogP contribution is -2.50. The van der Waals surface area contributed by atoms with Crippen molar-refractivity contribution in [1.82, 2.24) is 9.21 Å². The van der Waals surface area contributed by atoms with Crippen molar-refractivity contribution in [3.05, 3.63) is 12.2 Å². The largest absolute Gasteiger partial charge is 0.300 e. The molecule has 1 aliphatic heterocycles. The predicted octanol–water partition coefficient (Wildman–Crippen LogP) is 1.56. The molecule has 4 nitrogen and oxygen atoms in total. The summed E-state index contributed by atoms with van der Waals surface area (Å²) in [6, 6.07) is 0. The zero-order valence-electron chi connectivity index (χ0n) is 12.4. The Morgan fingerprint density at radius 2 is 1.85 bits per heavy atom. The third-order valence-electron chi connectivity index (χ3n) is 5.10. The van der Waals surface area contributed by atoms with E-state index in [4.69, 9.17) is 0 Å². The number of piperazine rings is 1. The molecule has 3 aliphatic rings. The van der Waals surface area contributed by atoms with Gasteiger partial charge in [-0.2, -0.15) is 4.31 Å². The Morgan fingerprint density at radius 3 is 2.40 bits per heavy atom. The van der Waals surface area contributed by atoms with Gasteiger partial charge in [-0.15, -0.1) is 0 Å². The van der Waals surface area contributed by atoms with Crippen molar-refractivity contribution >= 4 is 10.0 Å². The summed E-state index contributed by atoms with van der Waals surface area (Å²) in [6.07, 6.45) is 8.20. The van der Waals surface area contributed by atoms with E-state index >= 15 is 0 Å². The van der Waals surface area contributed by atoms with Gasteiger partial charge < -0.3 is 4.90 Å². The lowest BCUT2D eigenvalue weighted by atomic mass is 9.93. The first-order valence-electron chi connectivity index (χ1n) is 7.97. The second-order valence-electron chi connectivity index (χ2n) is 6.56. The van der Waals surface area contributed by atoms with Crippen molar-refractivity contribution in [1.29, 1.82) is 0 Å². The molecule has 2 aliphatic carbocycles. The minimum absolute atomic E-state index is 0.296. The third kappa shape index (κ3) is 2.95. The first-order valence-corrected chi connectivity index (χ1v) is 9.58. The van der Waals surface area contributed by atoms with E-state index in [0.717, 1.165) is 37.4 Å². The summed E-state index contributed by atoms with van der Waals surface area (Å²) >= 11 is 0. The second-order valence-corrected chi connectivity index (χ2v) is 8.64. The molecule has 0 aromatic rings. The topological polar surface area (TPSA) is 40.6 Å². The molecule has 1 heterocycles. The summed E-state index contributed by atoms with van der Waals surface area (Å²) in [5, 5.41) is 0. The number of sulfonamides is 1. The molecule has 0 radical (unpaired) electrons. The van der Waals surface area contributed by atoms with Gasteiger partial charge in [0.15, 0.2) is 0 Å². The molecule has 0 unspecified atom stereocenters. The highest BCUT2D eigenvalue weighted by Crippen LogP contribution is 2.43. The van der Waals surface area contributed by atoms with Crippen LogP contribution in [0.25, 0.3) is 0 Å². The second kappa shape index (κ2) is 5.78. The molecule has 1 saturated carbocycles. The molecule has 114 valence electrons. The molecule has 2 fully saturated rings. The van der Waals surface area contributed by atoms with Gasteiger partial charge in [-0.05, 0) is 37.0 Å². The van der Waals surface area contributed by atoms with E-state index in [9.17, 15) is 8.42 Å². The summed E-state index contributed by atoms with van der Waals surface area (Å²) in [5.41, 5.74) is 0. The Labute approximate surface area is 122 Å². The normalized spacial score (nSPS) is 35.0. The van der Waals surface area contributed by atoms with Gasteiger partial charge in [0.2, 0.25) is 10.0 Å². The smallest absolute Gasteiger partial charge is 0.214 e. The number of hydrogen-bond acceptors (Lipinski definition) is 3. The quantitative estimate of drug-likeness (QED) is 0.723. The average Bonchev–Trinajstić information content (AvgIpc) is 3.01. The molecular weight excluding hydrogens is 272 g/mol. The van der Waals surface area contributed by atoms with Gasteiger partial charge in [-0.25, -0.2) is 8.42 Å². The maximum atomic E-state index is 12.0. The van der Waals surface area contributed by atoms with Crippen molar-refractivity contribution in [3.63, 3.8) is 0 Å². The van der Waals surface area contributed by atoms with Gasteiger partial charge in [0.05, 0.1) is 5.75 Å². The molecule has 5 heteroatoms. The van der Waals surface area contributed by atoms with Gasteiger partial charge >= 0.3 is 0 Å². The highest BCUT2D eigenvalue weighted by Gasteiger charge is 2.37. The van der Waals surface area contributed by atoms with Crippen LogP contribution in [0.15, 0.2) is 12.2 Å². The van der Waals surface area contributed by atoms with Crippen LogP contribution < -0.4 is 0 Å². The minimum Gasteiger partial charge on any atom is -0.300 e. The van der Waals surface area contributed by atoms with Crippen LogP contribution in [0.1, 0.15) is 26.2 Å². The molecule has 0 aromatic carbocycles. The van der Waals surface area contributed by atoms with Crippen LogP contribution >= 0.6 is 0 Å². The highest BCUT2D eigenvalue weighted by atomic mass is 32.2. The number of allylic oxidation sites excluding steroid dienone is 2. The standard InChI is InChI=1S/C15H26N2O2S/c1-2-9-20(18,19)17-7-5-16(6-8-17)12-15-11-13-3-4-14(15)10-13/h3-4,13-15H,2,5-12H2,1H3/t13-,14-,15+/m1/s1. The van der Waals surface area contributed by atoms with E-state index in [1.54, 1.807) is 4.31 Å². The van der Waals surface area contributed by atoms with Crippen molar-refractivity contribution in [2.75, 3.05) is 38.5 Å². The van der Waals surface area contributed by atoms with Crippen LogP contribution in [-0.2, 0) is 10.0 Å². The van der Waals surface area contributed by atoms with Crippen LogP contribution in [0.4, 0.5) is 0 Å². The molecule has 0 amide bonds. The van der Waals surface area contributed by atoms with Crippen LogP contribution in [0.3, 0.4) is 0 Å². The summed E-state index contributed by atoms with van der Waals surface area (Å²) in [4.78, 5) is 2.47. The van der Waals surface area contributed by atoms with E-state index in [-0.39, 0.29) is 0 Å². The SMILES string of the molecule is CCCS(=O)(=O)N1CCN(C[C@@H]2C[C@@H]3C=C[C@@H]2C3)CC1. The fraction of sp³-hybridized carbons (Fsp3) is 0.867. The van der Waals surface area contributed by atoms with E-state index in [0.29, 0.717) is 25.3 Å². The number of rotatable bonds is 5. The first-order chi connectivity index (χ1) is 9.58.